The molecule has 0 spiro atoms. The minimum atomic E-state index is -0.0660. The number of hydrogen-bond acceptors (Lipinski definition) is 3. The van der Waals surface area contributed by atoms with E-state index >= 15 is 0 Å². The van der Waals surface area contributed by atoms with Crippen molar-refractivity contribution >= 4 is 5.91 Å². The van der Waals surface area contributed by atoms with Gasteiger partial charge in [-0.15, -0.1) is 0 Å². The van der Waals surface area contributed by atoms with E-state index in [-0.39, 0.29) is 18.6 Å². The molecule has 0 aliphatic carbocycles. The summed E-state index contributed by atoms with van der Waals surface area (Å²) in [4.78, 5) is 14.6. The molecule has 2 aromatic rings. The third-order valence-corrected chi connectivity index (χ3v) is 3.78. The molecule has 1 N–H and O–H groups in total. The standard InChI is InChI=1S/C18H19NO3/c1-13-10-19(11-16-6-2-3-8-17(16)22-13)18(21)15-7-4-5-14(9-15)12-20/h2-9,13,20H,10-12H2,1H3. The van der Waals surface area contributed by atoms with Gasteiger partial charge >= 0.3 is 0 Å². The van der Waals surface area contributed by atoms with E-state index in [1.807, 2.05) is 31.2 Å². The molecule has 0 bridgehead atoms. The van der Waals surface area contributed by atoms with Crippen LogP contribution in [0.3, 0.4) is 0 Å². The second-order valence-corrected chi connectivity index (χ2v) is 5.58. The molecule has 0 saturated carbocycles. The number of ether oxygens (including phenoxy) is 1. The molecule has 0 fully saturated rings. The summed E-state index contributed by atoms with van der Waals surface area (Å²) in [6, 6.07) is 14.9. The van der Waals surface area contributed by atoms with E-state index < -0.39 is 0 Å². The quantitative estimate of drug-likeness (QED) is 0.927. The zero-order valence-corrected chi connectivity index (χ0v) is 12.5. The molecule has 1 aliphatic rings. The molecule has 1 atom stereocenters. The highest BCUT2D eigenvalue weighted by molar-refractivity contribution is 5.94. The van der Waals surface area contributed by atoms with Crippen molar-refractivity contribution in [1.29, 1.82) is 0 Å². The lowest BCUT2D eigenvalue weighted by Crippen LogP contribution is -2.36. The molecular formula is C18H19NO3. The van der Waals surface area contributed by atoms with Gasteiger partial charge < -0.3 is 14.7 Å². The molecule has 1 heterocycles. The van der Waals surface area contributed by atoms with Crippen molar-refractivity contribution in [3.05, 3.63) is 65.2 Å². The van der Waals surface area contributed by atoms with Crippen LogP contribution in [0.15, 0.2) is 48.5 Å². The zero-order valence-electron chi connectivity index (χ0n) is 12.5. The monoisotopic (exact) mass is 297 g/mol. The van der Waals surface area contributed by atoms with Gasteiger partial charge in [-0.05, 0) is 30.7 Å². The van der Waals surface area contributed by atoms with Crippen LogP contribution in [0.4, 0.5) is 0 Å². The van der Waals surface area contributed by atoms with Crippen molar-refractivity contribution in [3.63, 3.8) is 0 Å². The second-order valence-electron chi connectivity index (χ2n) is 5.58. The van der Waals surface area contributed by atoms with Crippen LogP contribution in [0.2, 0.25) is 0 Å². The fourth-order valence-electron chi connectivity index (χ4n) is 2.72. The number of fused-ring (bicyclic) bond motifs is 1. The van der Waals surface area contributed by atoms with Crippen molar-refractivity contribution < 1.29 is 14.6 Å². The Morgan fingerprint density at radius 1 is 1.27 bits per heavy atom. The molecule has 4 heteroatoms. The first-order valence-electron chi connectivity index (χ1n) is 7.41. The van der Waals surface area contributed by atoms with E-state index in [0.717, 1.165) is 16.9 Å². The van der Waals surface area contributed by atoms with E-state index in [4.69, 9.17) is 4.74 Å². The molecule has 2 aromatic carbocycles. The number of aliphatic hydroxyl groups excluding tert-OH is 1. The van der Waals surface area contributed by atoms with E-state index in [2.05, 4.69) is 0 Å². The van der Waals surface area contributed by atoms with Gasteiger partial charge in [0.25, 0.3) is 5.91 Å². The van der Waals surface area contributed by atoms with Crippen molar-refractivity contribution in [2.45, 2.75) is 26.2 Å². The van der Waals surface area contributed by atoms with Gasteiger partial charge in [0.05, 0.1) is 13.2 Å². The van der Waals surface area contributed by atoms with Crippen LogP contribution in [0.1, 0.15) is 28.4 Å². The highest BCUT2D eigenvalue weighted by Gasteiger charge is 2.24. The maximum Gasteiger partial charge on any atom is 0.254 e. The second kappa shape index (κ2) is 6.20. The Bertz CT molecular complexity index is 684. The highest BCUT2D eigenvalue weighted by Crippen LogP contribution is 2.25. The fourth-order valence-corrected chi connectivity index (χ4v) is 2.72. The summed E-state index contributed by atoms with van der Waals surface area (Å²) in [5.74, 6) is 0.803. The number of carbonyl (C=O) groups is 1. The summed E-state index contributed by atoms with van der Waals surface area (Å²) in [5, 5.41) is 9.23. The molecule has 0 radical (unpaired) electrons. The molecule has 1 aliphatic heterocycles. The van der Waals surface area contributed by atoms with Crippen molar-refractivity contribution in [2.75, 3.05) is 6.54 Å². The largest absolute Gasteiger partial charge is 0.489 e. The minimum absolute atomic E-state index is 0.0394. The summed E-state index contributed by atoms with van der Waals surface area (Å²) in [6.07, 6.45) is -0.0615. The third kappa shape index (κ3) is 2.97. The number of amides is 1. The lowest BCUT2D eigenvalue weighted by atomic mass is 10.1. The van der Waals surface area contributed by atoms with Gasteiger partial charge in [0.15, 0.2) is 0 Å². The Morgan fingerprint density at radius 2 is 2.09 bits per heavy atom. The Labute approximate surface area is 130 Å². The molecular weight excluding hydrogens is 278 g/mol. The molecule has 1 amide bonds. The minimum Gasteiger partial charge on any atom is -0.489 e. The number of aliphatic hydroxyl groups is 1. The summed E-state index contributed by atoms with van der Waals surface area (Å²) >= 11 is 0. The van der Waals surface area contributed by atoms with Crippen LogP contribution in [-0.4, -0.2) is 28.6 Å². The summed E-state index contributed by atoms with van der Waals surface area (Å²) in [6.45, 7) is 2.97. The topological polar surface area (TPSA) is 49.8 Å². The number of nitrogens with zero attached hydrogens (tertiary/aromatic N) is 1. The first-order chi connectivity index (χ1) is 10.7. The number of carbonyl (C=O) groups excluding carboxylic acids is 1. The lowest BCUT2D eigenvalue weighted by Gasteiger charge is -2.22. The first kappa shape index (κ1) is 14.6. The molecule has 0 saturated heterocycles. The van der Waals surface area contributed by atoms with Gasteiger partial charge in [-0.25, -0.2) is 0 Å². The zero-order chi connectivity index (χ0) is 15.5. The van der Waals surface area contributed by atoms with Crippen LogP contribution < -0.4 is 4.74 Å². The van der Waals surface area contributed by atoms with Crippen LogP contribution in [-0.2, 0) is 13.2 Å². The maximum absolute atomic E-state index is 12.8. The van der Waals surface area contributed by atoms with E-state index in [1.54, 1.807) is 29.2 Å². The van der Waals surface area contributed by atoms with Crippen LogP contribution >= 0.6 is 0 Å². The molecule has 114 valence electrons. The van der Waals surface area contributed by atoms with Gasteiger partial charge in [-0.1, -0.05) is 30.3 Å². The molecule has 4 nitrogen and oxygen atoms in total. The third-order valence-electron chi connectivity index (χ3n) is 3.78. The molecule has 1 unspecified atom stereocenters. The predicted octanol–water partition coefficient (Wildman–Crippen LogP) is 2.60. The Balaban J connectivity index is 1.88. The Kier molecular flexibility index (Phi) is 4.11. The number of hydrogen-bond donors (Lipinski definition) is 1. The number of para-hydroxylation sites is 1. The average molecular weight is 297 g/mol. The number of benzene rings is 2. The fraction of sp³-hybridized carbons (Fsp3) is 0.278. The molecule has 3 rings (SSSR count). The van der Waals surface area contributed by atoms with Crippen molar-refractivity contribution in [3.8, 4) is 5.75 Å². The molecule has 22 heavy (non-hydrogen) atoms. The van der Waals surface area contributed by atoms with Gasteiger partial charge in [0, 0.05) is 17.7 Å². The van der Waals surface area contributed by atoms with Gasteiger partial charge in [-0.2, -0.15) is 0 Å². The predicted molar refractivity (Wildman–Crippen MR) is 83.6 cm³/mol. The highest BCUT2D eigenvalue weighted by atomic mass is 16.5. The Morgan fingerprint density at radius 3 is 2.91 bits per heavy atom. The van der Waals surface area contributed by atoms with Crippen LogP contribution in [0.25, 0.3) is 0 Å². The summed E-state index contributed by atoms with van der Waals surface area (Å²) in [7, 11) is 0. The Hall–Kier alpha value is -2.33. The van der Waals surface area contributed by atoms with E-state index in [0.29, 0.717) is 18.7 Å². The van der Waals surface area contributed by atoms with Crippen LogP contribution in [0, 0.1) is 0 Å². The summed E-state index contributed by atoms with van der Waals surface area (Å²) < 4.78 is 5.88. The van der Waals surface area contributed by atoms with Gasteiger partial charge in [-0.3, -0.25) is 4.79 Å². The number of rotatable bonds is 2. The SMILES string of the molecule is CC1CN(C(=O)c2cccc(CO)c2)Cc2ccccc2O1. The van der Waals surface area contributed by atoms with Crippen LogP contribution in [0.5, 0.6) is 5.75 Å². The van der Waals surface area contributed by atoms with Gasteiger partial charge in [0.1, 0.15) is 11.9 Å². The lowest BCUT2D eigenvalue weighted by molar-refractivity contribution is 0.0690. The van der Waals surface area contributed by atoms with Crippen molar-refractivity contribution in [1.82, 2.24) is 4.90 Å². The van der Waals surface area contributed by atoms with E-state index in [9.17, 15) is 9.90 Å². The normalized spacial score (nSPS) is 17.4. The first-order valence-corrected chi connectivity index (χ1v) is 7.41. The van der Waals surface area contributed by atoms with Gasteiger partial charge in [0.2, 0.25) is 0 Å². The average Bonchev–Trinajstić information content (AvgIpc) is 2.72. The van der Waals surface area contributed by atoms with Crippen molar-refractivity contribution in [2.24, 2.45) is 0 Å². The molecule has 0 aromatic heterocycles. The van der Waals surface area contributed by atoms with E-state index in [1.165, 1.54) is 0 Å². The summed E-state index contributed by atoms with van der Waals surface area (Å²) in [5.41, 5.74) is 2.35. The maximum atomic E-state index is 12.8. The smallest absolute Gasteiger partial charge is 0.254 e.